The lowest BCUT2D eigenvalue weighted by atomic mass is 9.75. The van der Waals surface area contributed by atoms with E-state index in [1.165, 1.54) is 17.6 Å². The fourth-order valence-corrected chi connectivity index (χ4v) is 5.29. The van der Waals surface area contributed by atoms with Crippen LogP contribution in [0.1, 0.15) is 60.0 Å². The summed E-state index contributed by atoms with van der Waals surface area (Å²) in [6.45, 7) is 0. The molecule has 0 saturated carbocycles. The van der Waals surface area contributed by atoms with Crippen LogP contribution < -0.4 is 0 Å². The highest BCUT2D eigenvalue weighted by molar-refractivity contribution is 6.06. The van der Waals surface area contributed by atoms with Gasteiger partial charge in [0.05, 0.1) is 11.6 Å². The van der Waals surface area contributed by atoms with Crippen LogP contribution in [0.4, 0.5) is 0 Å². The van der Waals surface area contributed by atoms with Crippen molar-refractivity contribution in [2.75, 3.05) is 0 Å². The van der Waals surface area contributed by atoms with Gasteiger partial charge < -0.3 is 0 Å². The first kappa shape index (κ1) is 17.2. The van der Waals surface area contributed by atoms with Gasteiger partial charge in [-0.05, 0) is 85.4 Å². The van der Waals surface area contributed by atoms with Gasteiger partial charge in [0.25, 0.3) is 0 Å². The third-order valence-electron chi connectivity index (χ3n) is 6.74. The minimum absolute atomic E-state index is 0.256. The number of nitriles is 1. The first-order valence-electron chi connectivity index (χ1n) is 10.2. The number of benzene rings is 2. The van der Waals surface area contributed by atoms with Crippen molar-refractivity contribution in [3.63, 3.8) is 0 Å². The van der Waals surface area contributed by atoms with E-state index in [0.29, 0.717) is 11.3 Å². The zero-order valence-electron chi connectivity index (χ0n) is 16.0. The maximum absolute atomic E-state index is 13.6. The van der Waals surface area contributed by atoms with E-state index in [2.05, 4.69) is 36.4 Å². The number of hydrogen-bond acceptors (Lipinski definition) is 2. The summed E-state index contributed by atoms with van der Waals surface area (Å²) in [5.74, 6) is 0.327. The van der Waals surface area contributed by atoms with E-state index in [1.807, 2.05) is 24.3 Å². The largest absolute Gasteiger partial charge is 0.294 e. The van der Waals surface area contributed by atoms with Gasteiger partial charge >= 0.3 is 0 Å². The van der Waals surface area contributed by atoms with Crippen LogP contribution in [0.2, 0.25) is 0 Å². The Bertz CT molecular complexity index is 1080. The Morgan fingerprint density at radius 2 is 1.89 bits per heavy atom. The third kappa shape index (κ3) is 2.74. The highest BCUT2D eigenvalue weighted by atomic mass is 16.1. The number of carbonyl (C=O) groups is 1. The second kappa shape index (κ2) is 6.60. The van der Waals surface area contributed by atoms with E-state index in [9.17, 15) is 10.1 Å². The van der Waals surface area contributed by atoms with E-state index in [4.69, 9.17) is 0 Å². The highest BCUT2D eigenvalue weighted by Crippen LogP contribution is 2.49. The monoisotopic (exact) mass is 365 g/mol. The quantitative estimate of drug-likeness (QED) is 0.606. The van der Waals surface area contributed by atoms with E-state index in [1.54, 1.807) is 5.57 Å². The molecule has 0 amide bonds. The van der Waals surface area contributed by atoms with Crippen molar-refractivity contribution in [3.05, 3.63) is 82.5 Å². The summed E-state index contributed by atoms with van der Waals surface area (Å²) in [6.07, 6.45) is 11.9. The molecule has 2 aromatic rings. The van der Waals surface area contributed by atoms with Crippen LogP contribution in [0, 0.1) is 16.7 Å². The zero-order valence-corrected chi connectivity index (χ0v) is 16.0. The Morgan fingerprint density at radius 3 is 2.79 bits per heavy atom. The molecule has 1 atom stereocenters. The van der Waals surface area contributed by atoms with Gasteiger partial charge in [0.2, 0.25) is 0 Å². The standard InChI is InChI=1S/C26H23NO/c27-17-18-5-3-8-20(13-18)21-10-11-23-16-26(25(28)24(23)14-21)12-4-9-19-6-1-2-7-22(19)15-26/h2-3,5,7-8,10-11,13-14H,1,4,6,9,12,15-16H2. The van der Waals surface area contributed by atoms with Gasteiger partial charge in [0.15, 0.2) is 5.78 Å². The molecule has 0 radical (unpaired) electrons. The molecule has 5 rings (SSSR count). The summed E-state index contributed by atoms with van der Waals surface area (Å²) in [7, 11) is 0. The second-order valence-electron chi connectivity index (χ2n) is 8.45. The molecule has 2 aromatic carbocycles. The molecule has 0 saturated heterocycles. The maximum atomic E-state index is 13.6. The first-order valence-corrected chi connectivity index (χ1v) is 10.2. The maximum Gasteiger partial charge on any atom is 0.169 e. The van der Waals surface area contributed by atoms with E-state index in [-0.39, 0.29) is 5.41 Å². The molecule has 3 aliphatic carbocycles. The molecule has 138 valence electrons. The van der Waals surface area contributed by atoms with Crippen LogP contribution in [-0.4, -0.2) is 5.78 Å². The molecule has 1 unspecified atom stereocenters. The lowest BCUT2D eigenvalue weighted by Gasteiger charge is -2.27. The number of hydrogen-bond donors (Lipinski definition) is 0. The predicted octanol–water partition coefficient (Wildman–Crippen LogP) is 6.17. The number of carbonyl (C=O) groups excluding carboxylic acids is 1. The molecular weight excluding hydrogens is 342 g/mol. The number of rotatable bonds is 1. The number of nitrogens with zero attached hydrogens (tertiary/aromatic N) is 1. The SMILES string of the molecule is N#Cc1cccc(-c2ccc3c(c2)C(=O)C2(CCCC4=C(C=CCC4)C2)C3)c1. The molecule has 0 aliphatic heterocycles. The molecule has 2 heteroatoms. The molecule has 3 aliphatic rings. The zero-order chi connectivity index (χ0) is 19.1. The smallest absolute Gasteiger partial charge is 0.169 e. The highest BCUT2D eigenvalue weighted by Gasteiger charge is 2.46. The number of Topliss-reactive ketones (excluding diaryl/α,β-unsaturated/α-hetero) is 1. The minimum atomic E-state index is -0.256. The summed E-state index contributed by atoms with van der Waals surface area (Å²) < 4.78 is 0. The molecule has 1 spiro atoms. The summed E-state index contributed by atoms with van der Waals surface area (Å²) in [6, 6.07) is 16.1. The molecule has 0 bridgehead atoms. The van der Waals surface area contributed by atoms with E-state index in [0.717, 1.165) is 55.2 Å². The van der Waals surface area contributed by atoms with Gasteiger partial charge in [-0.2, -0.15) is 5.26 Å². The van der Waals surface area contributed by atoms with Crippen molar-refractivity contribution < 1.29 is 4.79 Å². The van der Waals surface area contributed by atoms with Crippen molar-refractivity contribution in [2.24, 2.45) is 5.41 Å². The van der Waals surface area contributed by atoms with Gasteiger partial charge in [-0.15, -0.1) is 0 Å². The molecule has 0 fully saturated rings. The van der Waals surface area contributed by atoms with Gasteiger partial charge in [-0.1, -0.05) is 42.0 Å². The second-order valence-corrected chi connectivity index (χ2v) is 8.45. The third-order valence-corrected chi connectivity index (χ3v) is 6.74. The van der Waals surface area contributed by atoms with Gasteiger partial charge in [-0.25, -0.2) is 0 Å². The Hall–Kier alpha value is -2.92. The molecule has 0 N–H and O–H groups in total. The average Bonchev–Trinajstić information content (AvgIpc) is 2.88. The topological polar surface area (TPSA) is 40.9 Å². The average molecular weight is 365 g/mol. The summed E-state index contributed by atoms with van der Waals surface area (Å²) in [4.78, 5) is 13.6. The summed E-state index contributed by atoms with van der Waals surface area (Å²) in [5.41, 5.74) is 7.49. The fraction of sp³-hybridized carbons (Fsp3) is 0.308. The van der Waals surface area contributed by atoms with Crippen molar-refractivity contribution in [1.29, 1.82) is 5.26 Å². The Kier molecular flexibility index (Phi) is 4.05. The first-order chi connectivity index (χ1) is 13.7. The minimum Gasteiger partial charge on any atom is -0.294 e. The van der Waals surface area contributed by atoms with Crippen LogP contribution in [0.3, 0.4) is 0 Å². The van der Waals surface area contributed by atoms with Gasteiger partial charge in [0, 0.05) is 11.0 Å². The molecule has 2 nitrogen and oxygen atoms in total. The fourth-order valence-electron chi connectivity index (χ4n) is 5.29. The lowest BCUT2D eigenvalue weighted by Crippen LogP contribution is -2.28. The van der Waals surface area contributed by atoms with Crippen molar-refractivity contribution in [2.45, 2.75) is 44.9 Å². The van der Waals surface area contributed by atoms with Crippen LogP contribution in [-0.2, 0) is 6.42 Å². The molecule has 0 heterocycles. The van der Waals surface area contributed by atoms with Crippen LogP contribution >= 0.6 is 0 Å². The lowest BCUT2D eigenvalue weighted by molar-refractivity contribution is 0.0804. The number of allylic oxidation sites excluding steroid dienone is 4. The Balaban J connectivity index is 1.52. The van der Waals surface area contributed by atoms with Crippen molar-refractivity contribution in [1.82, 2.24) is 0 Å². The Morgan fingerprint density at radius 1 is 1.00 bits per heavy atom. The summed E-state index contributed by atoms with van der Waals surface area (Å²) >= 11 is 0. The molecular formula is C26H23NO. The Labute approximate surface area is 166 Å². The normalized spacial score (nSPS) is 23.3. The molecule has 0 aromatic heterocycles. The van der Waals surface area contributed by atoms with Gasteiger partial charge in [0.1, 0.15) is 0 Å². The van der Waals surface area contributed by atoms with Crippen molar-refractivity contribution >= 4 is 5.78 Å². The van der Waals surface area contributed by atoms with Gasteiger partial charge in [-0.3, -0.25) is 4.79 Å². The van der Waals surface area contributed by atoms with E-state index >= 15 is 0 Å². The van der Waals surface area contributed by atoms with E-state index < -0.39 is 0 Å². The number of fused-ring (bicyclic) bond motifs is 1. The summed E-state index contributed by atoms with van der Waals surface area (Å²) in [5, 5.41) is 9.18. The number of ketones is 1. The van der Waals surface area contributed by atoms with Crippen LogP contribution in [0.5, 0.6) is 0 Å². The van der Waals surface area contributed by atoms with Crippen molar-refractivity contribution in [3.8, 4) is 17.2 Å². The molecule has 28 heavy (non-hydrogen) atoms. The van der Waals surface area contributed by atoms with Crippen LogP contribution in [0.25, 0.3) is 11.1 Å². The predicted molar refractivity (Wildman–Crippen MR) is 111 cm³/mol. The van der Waals surface area contributed by atoms with Crippen LogP contribution in [0.15, 0.2) is 65.8 Å².